The van der Waals surface area contributed by atoms with E-state index in [0.29, 0.717) is 30.4 Å². The Hall–Kier alpha value is -3.80. The highest BCUT2D eigenvalue weighted by Gasteiger charge is 2.46. The van der Waals surface area contributed by atoms with Crippen LogP contribution >= 0.6 is 0 Å². The second-order valence-corrected chi connectivity index (χ2v) is 12.3. The van der Waals surface area contributed by atoms with Crippen molar-refractivity contribution >= 4 is 27.5 Å². The minimum absolute atomic E-state index is 0.0323. The predicted molar refractivity (Wildman–Crippen MR) is 133 cm³/mol. The lowest BCUT2D eigenvalue weighted by molar-refractivity contribution is -0.113. The van der Waals surface area contributed by atoms with Gasteiger partial charge in [-0.05, 0) is 42.5 Å². The number of carbonyl (C=O) groups is 2. The number of hydrogen-bond donors (Lipinski definition) is 2. The third-order valence-corrected chi connectivity index (χ3v) is 7.95. The number of carbonyl (C=O) groups excluding carboxylic acids is 2. The third kappa shape index (κ3) is 4.32. The highest BCUT2D eigenvalue weighted by Crippen LogP contribution is 2.47. The van der Waals surface area contributed by atoms with Crippen molar-refractivity contribution in [3.8, 4) is 11.4 Å². The van der Waals surface area contributed by atoms with Gasteiger partial charge in [0.15, 0.2) is 21.5 Å². The molecule has 198 valence electrons. The van der Waals surface area contributed by atoms with Crippen LogP contribution in [-0.4, -0.2) is 48.6 Å². The van der Waals surface area contributed by atoms with Crippen LogP contribution in [0.5, 0.6) is 5.75 Å². The Morgan fingerprint density at radius 2 is 2.00 bits per heavy atom. The number of benzene rings is 2. The number of aromatic nitrogens is 2. The first-order valence-electron chi connectivity index (χ1n) is 12.2. The molecule has 0 saturated heterocycles. The van der Waals surface area contributed by atoms with Gasteiger partial charge in [-0.1, -0.05) is 12.1 Å². The number of rotatable bonds is 5. The fourth-order valence-electron chi connectivity index (χ4n) is 5.27. The molecule has 1 aliphatic carbocycles. The molecular formula is C26H24F2N4O5S. The summed E-state index contributed by atoms with van der Waals surface area (Å²) in [7, 11) is -3.68. The molecule has 6 rings (SSSR count). The van der Waals surface area contributed by atoms with E-state index in [1.54, 1.807) is 0 Å². The summed E-state index contributed by atoms with van der Waals surface area (Å²) in [6.07, 6.45) is 3.90. The zero-order chi connectivity index (χ0) is 26.8. The van der Waals surface area contributed by atoms with E-state index in [1.165, 1.54) is 11.6 Å². The number of nitrogens with one attached hydrogen (secondary N) is 2. The maximum absolute atomic E-state index is 14.1. The molecule has 3 aliphatic rings. The van der Waals surface area contributed by atoms with Gasteiger partial charge in [0.1, 0.15) is 22.9 Å². The van der Waals surface area contributed by atoms with Crippen molar-refractivity contribution < 1.29 is 31.5 Å². The Morgan fingerprint density at radius 3 is 2.71 bits per heavy atom. The maximum atomic E-state index is 14.1. The van der Waals surface area contributed by atoms with Gasteiger partial charge in [0.25, 0.3) is 5.91 Å². The van der Waals surface area contributed by atoms with Gasteiger partial charge in [-0.15, -0.1) is 0 Å². The lowest BCUT2D eigenvalue weighted by Crippen LogP contribution is -2.53. The highest BCUT2D eigenvalue weighted by atomic mass is 32.2. The van der Waals surface area contributed by atoms with Crippen LogP contribution in [0, 0.1) is 11.6 Å². The van der Waals surface area contributed by atoms with Gasteiger partial charge in [0.05, 0.1) is 23.5 Å². The lowest BCUT2D eigenvalue weighted by atomic mass is 9.77. The largest absolute Gasteiger partial charge is 0.493 e. The smallest absolute Gasteiger partial charge is 0.257 e. The summed E-state index contributed by atoms with van der Waals surface area (Å²) in [5, 5.41) is 10.1. The van der Waals surface area contributed by atoms with Gasteiger partial charge in [0, 0.05) is 30.7 Å². The van der Waals surface area contributed by atoms with Gasteiger partial charge in [-0.3, -0.25) is 9.59 Å². The van der Waals surface area contributed by atoms with E-state index in [2.05, 4.69) is 15.7 Å². The predicted octanol–water partition coefficient (Wildman–Crippen LogP) is 2.97. The normalized spacial score (nSPS) is 20.3. The second kappa shape index (κ2) is 8.62. The molecule has 2 aliphatic heterocycles. The summed E-state index contributed by atoms with van der Waals surface area (Å²) in [6, 6.07) is 9.07. The second-order valence-electron chi connectivity index (χ2n) is 10.1. The van der Waals surface area contributed by atoms with Crippen molar-refractivity contribution in [2.75, 3.05) is 23.9 Å². The SMILES string of the molecule is CS(=O)(=O)CC(=O)Nc1c2c(nn1-c1ccc(F)c(F)c1)C[C@]1(CCOc3cc(C4CC4)ccc31)NC2=O. The van der Waals surface area contributed by atoms with Gasteiger partial charge >= 0.3 is 0 Å². The molecule has 38 heavy (non-hydrogen) atoms. The quantitative estimate of drug-likeness (QED) is 0.512. The van der Waals surface area contributed by atoms with Crippen LogP contribution in [0.25, 0.3) is 5.69 Å². The first-order valence-corrected chi connectivity index (χ1v) is 14.2. The number of sulfone groups is 1. The average Bonchev–Trinajstić information content (AvgIpc) is 3.62. The fraction of sp³-hybridized carbons (Fsp3) is 0.346. The van der Waals surface area contributed by atoms with Crippen LogP contribution in [-0.2, 0) is 26.6 Å². The molecule has 0 radical (unpaired) electrons. The molecule has 12 heteroatoms. The first kappa shape index (κ1) is 24.5. The summed E-state index contributed by atoms with van der Waals surface area (Å²) < 4.78 is 58.2. The van der Waals surface area contributed by atoms with Gasteiger partial charge in [-0.25, -0.2) is 21.9 Å². The average molecular weight is 543 g/mol. The number of nitrogens with zero attached hydrogens (tertiary/aromatic N) is 2. The van der Waals surface area contributed by atoms with Crippen LogP contribution in [0.3, 0.4) is 0 Å². The van der Waals surface area contributed by atoms with Crippen molar-refractivity contribution in [2.24, 2.45) is 0 Å². The topological polar surface area (TPSA) is 119 Å². The van der Waals surface area contributed by atoms with Crippen LogP contribution in [0.4, 0.5) is 14.6 Å². The number of ether oxygens (including phenoxy) is 1. The molecule has 2 amide bonds. The Labute approximate surface area is 217 Å². The Kier molecular flexibility index (Phi) is 5.56. The molecule has 1 saturated carbocycles. The standard InChI is InChI=1S/C26H24F2N4O5S/c1-38(35,36)13-22(33)29-24-23-20(31-32(24)16-5-7-18(27)19(28)11-16)12-26(30-25(23)34)8-9-37-21-10-15(14-2-3-14)4-6-17(21)26/h4-7,10-11,14H,2-3,8-9,12-13H2,1H3,(H,29,33)(H,30,34)/t26-/m0/s1. The molecule has 9 nitrogen and oxygen atoms in total. The Bertz CT molecular complexity index is 1620. The lowest BCUT2D eigenvalue weighted by Gasteiger charge is -2.41. The van der Waals surface area contributed by atoms with Crippen LogP contribution < -0.4 is 15.4 Å². The molecular weight excluding hydrogens is 518 g/mol. The van der Waals surface area contributed by atoms with E-state index >= 15 is 0 Å². The molecule has 2 N–H and O–H groups in total. The summed E-state index contributed by atoms with van der Waals surface area (Å²) in [4.78, 5) is 26.2. The number of hydrogen-bond acceptors (Lipinski definition) is 6. The molecule has 1 atom stereocenters. The van der Waals surface area contributed by atoms with E-state index < -0.39 is 44.6 Å². The van der Waals surface area contributed by atoms with E-state index in [-0.39, 0.29) is 23.5 Å². The maximum Gasteiger partial charge on any atom is 0.257 e. The number of amides is 2. The minimum Gasteiger partial charge on any atom is -0.493 e. The Morgan fingerprint density at radius 1 is 1.21 bits per heavy atom. The number of fused-ring (bicyclic) bond motifs is 3. The zero-order valence-corrected chi connectivity index (χ0v) is 21.2. The first-order chi connectivity index (χ1) is 18.0. The number of anilines is 1. The number of halogens is 2. The molecule has 0 bridgehead atoms. The summed E-state index contributed by atoms with van der Waals surface area (Å²) in [5.41, 5.74) is 1.61. The molecule has 1 spiro atoms. The summed E-state index contributed by atoms with van der Waals surface area (Å²) in [5.74, 6) is -3.37. The van der Waals surface area contributed by atoms with Crippen molar-refractivity contribution in [3.05, 3.63) is 70.4 Å². The van der Waals surface area contributed by atoms with Gasteiger partial charge in [0.2, 0.25) is 5.91 Å². The molecule has 1 aromatic heterocycles. The van der Waals surface area contributed by atoms with Crippen molar-refractivity contribution in [1.82, 2.24) is 15.1 Å². The fourth-order valence-corrected chi connectivity index (χ4v) is 5.82. The van der Waals surface area contributed by atoms with E-state index in [1.807, 2.05) is 18.2 Å². The van der Waals surface area contributed by atoms with Crippen molar-refractivity contribution in [3.63, 3.8) is 0 Å². The van der Waals surface area contributed by atoms with E-state index in [0.717, 1.165) is 41.5 Å². The monoisotopic (exact) mass is 542 g/mol. The zero-order valence-electron chi connectivity index (χ0n) is 20.4. The molecule has 1 fully saturated rings. The Balaban J connectivity index is 1.45. The summed E-state index contributed by atoms with van der Waals surface area (Å²) >= 11 is 0. The molecule has 3 heterocycles. The van der Waals surface area contributed by atoms with Crippen LogP contribution in [0.15, 0.2) is 36.4 Å². The van der Waals surface area contributed by atoms with E-state index in [4.69, 9.17) is 4.74 Å². The molecule has 0 unspecified atom stereocenters. The molecule has 2 aromatic carbocycles. The van der Waals surface area contributed by atoms with E-state index in [9.17, 15) is 26.8 Å². The third-order valence-electron chi connectivity index (χ3n) is 7.16. The summed E-state index contributed by atoms with van der Waals surface area (Å²) in [6.45, 7) is 0.374. The van der Waals surface area contributed by atoms with Crippen LogP contribution in [0.2, 0.25) is 0 Å². The van der Waals surface area contributed by atoms with Gasteiger partial charge < -0.3 is 15.4 Å². The van der Waals surface area contributed by atoms with Gasteiger partial charge in [-0.2, -0.15) is 5.10 Å². The molecule has 3 aromatic rings. The minimum atomic E-state index is -3.68. The highest BCUT2D eigenvalue weighted by molar-refractivity contribution is 7.91. The van der Waals surface area contributed by atoms with Crippen molar-refractivity contribution in [1.29, 1.82) is 0 Å². The van der Waals surface area contributed by atoms with Crippen LogP contribution in [0.1, 0.15) is 52.4 Å². The van der Waals surface area contributed by atoms with Crippen molar-refractivity contribution in [2.45, 2.75) is 37.1 Å².